The zero-order valence-electron chi connectivity index (χ0n) is 31.6. The molecule has 0 spiro atoms. The number of H-pyrrole nitrogens is 1. The highest BCUT2D eigenvalue weighted by atomic mass is 32.1. The maximum atomic E-state index is 14.7. The Hall–Kier alpha value is -5.66. The zero-order valence-corrected chi connectivity index (χ0v) is 33.3. The van der Waals surface area contributed by atoms with Crippen molar-refractivity contribution >= 4 is 68.1 Å². The Morgan fingerprint density at radius 3 is 1.95 bits per heavy atom. The fourth-order valence-corrected chi connectivity index (χ4v) is 8.73. The Bertz CT molecular complexity index is 2500. The molecule has 7 N–H and O–H groups in total. The smallest absolute Gasteiger partial charge is 0.275 e. The number of hydrogen-bond acceptors (Lipinski definition) is 10. The molecule has 0 unspecified atom stereocenters. The molecule has 298 valence electrons. The first-order valence-electron chi connectivity index (χ1n) is 19.4. The van der Waals surface area contributed by atoms with Gasteiger partial charge in [0.1, 0.15) is 28.0 Å². The van der Waals surface area contributed by atoms with Crippen molar-refractivity contribution < 1.29 is 18.4 Å². The number of halogens is 2. The Morgan fingerprint density at radius 2 is 1.34 bits per heavy atom. The maximum absolute atomic E-state index is 14.7. The van der Waals surface area contributed by atoms with Crippen LogP contribution in [0.5, 0.6) is 0 Å². The van der Waals surface area contributed by atoms with Gasteiger partial charge in [-0.1, -0.05) is 36.3 Å². The van der Waals surface area contributed by atoms with Gasteiger partial charge in [0.05, 0.1) is 22.7 Å². The van der Waals surface area contributed by atoms with Crippen molar-refractivity contribution in [3.63, 3.8) is 0 Å². The second-order valence-electron chi connectivity index (χ2n) is 14.7. The van der Waals surface area contributed by atoms with Gasteiger partial charge in [-0.05, 0) is 74.8 Å². The number of thiazole rings is 2. The summed E-state index contributed by atoms with van der Waals surface area (Å²) in [6.07, 6.45) is 7.83. The van der Waals surface area contributed by atoms with Crippen LogP contribution < -0.4 is 31.9 Å². The molecule has 5 heterocycles. The molecule has 1 aliphatic carbocycles. The quantitative estimate of drug-likeness (QED) is 0.102. The number of amides is 2. The van der Waals surface area contributed by atoms with Crippen LogP contribution in [-0.2, 0) is 0 Å². The number of benzene rings is 3. The third-order valence-electron chi connectivity index (χ3n) is 10.3. The summed E-state index contributed by atoms with van der Waals surface area (Å²) in [5, 5.41) is 11.5. The van der Waals surface area contributed by atoms with Crippen molar-refractivity contribution in [1.82, 2.24) is 15.0 Å². The number of nitrogens with zero attached hydrogens (tertiary/aromatic N) is 4. The Balaban J connectivity index is 0.000000164. The molecule has 3 aliphatic rings. The SMILES string of the molecule is N[C@@H]1CCCN(c2c(F)cccc2NC(=O)c2csc(-c3c[nH]c4ccccc34)n2)C1.N[C@@H]1CCCN(c2c(F)cccc2NC(=O)c2csc(C#CC3CC3)n2)C1. The summed E-state index contributed by atoms with van der Waals surface area (Å²) in [4.78, 5) is 41.4. The number of piperidine rings is 2. The highest BCUT2D eigenvalue weighted by molar-refractivity contribution is 7.13. The highest BCUT2D eigenvalue weighted by Crippen LogP contribution is 2.35. The molecule has 15 heteroatoms. The molecule has 2 saturated heterocycles. The third kappa shape index (κ3) is 9.05. The van der Waals surface area contributed by atoms with Crippen LogP contribution >= 0.6 is 22.7 Å². The van der Waals surface area contributed by atoms with E-state index in [1.165, 1.54) is 34.8 Å². The molecule has 2 aliphatic heterocycles. The highest BCUT2D eigenvalue weighted by Gasteiger charge is 2.26. The number of aromatic amines is 1. The molecular formula is C43H43F2N9O2S2. The Morgan fingerprint density at radius 1 is 0.759 bits per heavy atom. The largest absolute Gasteiger partial charge is 0.366 e. The van der Waals surface area contributed by atoms with E-state index in [1.807, 2.05) is 40.3 Å². The number of nitrogens with one attached hydrogen (secondary N) is 3. The van der Waals surface area contributed by atoms with E-state index in [0.717, 1.165) is 66.5 Å². The lowest BCUT2D eigenvalue weighted by atomic mass is 10.1. The number of carbonyl (C=O) groups excluding carboxylic acids is 2. The molecule has 6 aromatic rings. The summed E-state index contributed by atoms with van der Waals surface area (Å²) < 4.78 is 29.2. The molecule has 0 radical (unpaired) electrons. The van der Waals surface area contributed by atoms with Crippen LogP contribution in [0.15, 0.2) is 77.6 Å². The number of nitrogens with two attached hydrogens (primary N) is 2. The fourth-order valence-electron chi connectivity index (χ4n) is 7.25. The first-order chi connectivity index (χ1) is 28.2. The molecular weight excluding hydrogens is 777 g/mol. The summed E-state index contributed by atoms with van der Waals surface area (Å²) in [5.41, 5.74) is 16.3. The van der Waals surface area contributed by atoms with Crippen LogP contribution in [0.25, 0.3) is 21.5 Å². The van der Waals surface area contributed by atoms with Gasteiger partial charge in [0.15, 0.2) is 5.01 Å². The molecule has 3 aromatic heterocycles. The van der Waals surface area contributed by atoms with Gasteiger partial charge < -0.3 is 36.9 Å². The molecule has 3 aromatic carbocycles. The van der Waals surface area contributed by atoms with Crippen LogP contribution in [0.1, 0.15) is 64.5 Å². The number of carbonyl (C=O) groups is 2. The number of hydrogen-bond donors (Lipinski definition) is 5. The number of anilines is 4. The van der Waals surface area contributed by atoms with Gasteiger partial charge in [-0.3, -0.25) is 9.59 Å². The van der Waals surface area contributed by atoms with E-state index >= 15 is 0 Å². The van der Waals surface area contributed by atoms with Gasteiger partial charge in [-0.2, -0.15) is 0 Å². The maximum Gasteiger partial charge on any atom is 0.275 e. The van der Waals surface area contributed by atoms with Gasteiger partial charge in [0, 0.05) is 77.6 Å². The third-order valence-corrected chi connectivity index (χ3v) is 11.9. The number of fused-ring (bicyclic) bond motifs is 1. The Kier molecular flexibility index (Phi) is 11.8. The summed E-state index contributed by atoms with van der Waals surface area (Å²) >= 11 is 2.75. The second-order valence-corrected chi connectivity index (χ2v) is 16.5. The van der Waals surface area contributed by atoms with Crippen LogP contribution in [0.3, 0.4) is 0 Å². The zero-order chi connectivity index (χ0) is 40.2. The fraction of sp³-hybridized carbons (Fsp3) is 0.302. The van der Waals surface area contributed by atoms with Crippen LogP contribution in [0.4, 0.5) is 31.5 Å². The molecule has 0 bridgehead atoms. The van der Waals surface area contributed by atoms with Crippen LogP contribution in [0.2, 0.25) is 0 Å². The summed E-state index contributed by atoms with van der Waals surface area (Å²) in [7, 11) is 0. The monoisotopic (exact) mass is 819 g/mol. The Labute approximate surface area is 342 Å². The molecule has 1 saturated carbocycles. The second kappa shape index (κ2) is 17.5. The minimum Gasteiger partial charge on any atom is -0.366 e. The van der Waals surface area contributed by atoms with E-state index in [9.17, 15) is 18.4 Å². The molecule has 9 rings (SSSR count). The molecule has 2 amide bonds. The summed E-state index contributed by atoms with van der Waals surface area (Å²) in [6.45, 7) is 2.56. The standard InChI is InChI=1S/C23H22FN5OS.C20H21FN4OS/c24-17-7-3-9-19(21(17)29-10-4-5-14(25)12-29)27-22(30)20-13-31-23(28-20)16-11-26-18-8-2-1-6-15(16)18;21-15-4-1-5-16(19(15)25-10-2-3-14(22)11-25)24-20(26)17-12-27-18(23-17)9-8-13-6-7-13/h1-3,6-9,11,13-14,26H,4-5,10,12,25H2,(H,27,30);1,4-5,12-14H,2-3,6-7,10-11,22H2,(H,24,26)/t2*14-/m11/s1. The van der Waals surface area contributed by atoms with Crippen molar-refractivity contribution in [1.29, 1.82) is 0 Å². The van der Waals surface area contributed by atoms with Gasteiger partial charge in [0.25, 0.3) is 11.8 Å². The first-order valence-corrected chi connectivity index (χ1v) is 21.2. The van der Waals surface area contributed by atoms with Crippen molar-refractivity contribution in [3.8, 4) is 22.4 Å². The molecule has 2 atom stereocenters. The molecule has 11 nitrogen and oxygen atoms in total. The topological polar surface area (TPSA) is 158 Å². The van der Waals surface area contributed by atoms with Gasteiger partial charge in [-0.25, -0.2) is 18.7 Å². The van der Waals surface area contributed by atoms with Crippen molar-refractivity contribution in [2.45, 2.75) is 50.6 Å². The van der Waals surface area contributed by atoms with E-state index in [1.54, 1.807) is 35.0 Å². The minimum atomic E-state index is -0.371. The lowest BCUT2D eigenvalue weighted by Crippen LogP contribution is -2.43. The minimum absolute atomic E-state index is 0.00539. The van der Waals surface area contributed by atoms with Crippen LogP contribution in [-0.4, -0.2) is 65.0 Å². The summed E-state index contributed by atoms with van der Waals surface area (Å²) in [5.74, 6) is 5.18. The number of rotatable bonds is 7. The van der Waals surface area contributed by atoms with E-state index in [-0.39, 0.29) is 35.5 Å². The van der Waals surface area contributed by atoms with Crippen molar-refractivity contribution in [2.24, 2.45) is 17.4 Å². The summed E-state index contributed by atoms with van der Waals surface area (Å²) in [6, 6.07) is 17.4. The molecule has 58 heavy (non-hydrogen) atoms. The molecule has 3 fully saturated rings. The van der Waals surface area contributed by atoms with Gasteiger partial charge in [-0.15, -0.1) is 22.7 Å². The number of para-hydroxylation sites is 3. The van der Waals surface area contributed by atoms with E-state index in [4.69, 9.17) is 11.5 Å². The van der Waals surface area contributed by atoms with Gasteiger partial charge >= 0.3 is 0 Å². The first kappa shape index (κ1) is 39.2. The van der Waals surface area contributed by atoms with Gasteiger partial charge in [0.2, 0.25) is 0 Å². The predicted molar refractivity (Wildman–Crippen MR) is 229 cm³/mol. The van der Waals surface area contributed by atoms with E-state index in [0.29, 0.717) is 64.7 Å². The number of aromatic nitrogens is 3. The average molecular weight is 820 g/mol. The average Bonchev–Trinajstić information content (AvgIpc) is 3.53. The van der Waals surface area contributed by atoms with E-state index < -0.39 is 0 Å². The van der Waals surface area contributed by atoms with Crippen molar-refractivity contribution in [2.75, 3.05) is 46.6 Å². The normalized spacial score (nSPS) is 17.9. The van der Waals surface area contributed by atoms with E-state index in [2.05, 4.69) is 37.4 Å². The lowest BCUT2D eigenvalue weighted by molar-refractivity contribution is 0.101. The van der Waals surface area contributed by atoms with Crippen LogP contribution in [0, 0.1) is 29.4 Å². The van der Waals surface area contributed by atoms with Crippen molar-refractivity contribution in [3.05, 3.63) is 106 Å². The predicted octanol–water partition coefficient (Wildman–Crippen LogP) is 7.83. The lowest BCUT2D eigenvalue weighted by Gasteiger charge is -2.34.